The van der Waals surface area contributed by atoms with E-state index in [0.29, 0.717) is 5.56 Å². The van der Waals surface area contributed by atoms with Crippen LogP contribution in [0.4, 0.5) is 18.0 Å². The lowest BCUT2D eigenvalue weighted by molar-refractivity contribution is -0.173. The lowest BCUT2D eigenvalue weighted by Crippen LogP contribution is -2.50. The Kier molecular flexibility index (Phi) is 6.36. The minimum absolute atomic E-state index is 0.145. The number of hydrogen-bond acceptors (Lipinski definition) is 4. The second kappa shape index (κ2) is 8.01. The summed E-state index contributed by atoms with van der Waals surface area (Å²) in [6.45, 7) is -1.08. The average Bonchev–Trinajstić information content (AvgIpc) is 2.48. The minimum atomic E-state index is -5.14. The van der Waals surface area contributed by atoms with Gasteiger partial charge in [0.05, 0.1) is 0 Å². The first-order valence-electron chi connectivity index (χ1n) is 6.25. The minimum Gasteiger partial charge on any atom is -0.480 e. The maximum absolute atomic E-state index is 12.0. The number of ether oxygens (including phenoxy) is 1. The number of halogens is 3. The number of aliphatic carboxylic acids is 1. The lowest BCUT2D eigenvalue weighted by Gasteiger charge is -2.16. The van der Waals surface area contributed by atoms with E-state index in [2.05, 4.69) is 0 Å². The molecule has 10 heteroatoms. The number of carboxylic acid groups (broad SMARTS) is 1. The van der Waals surface area contributed by atoms with Crippen molar-refractivity contribution < 1.29 is 37.4 Å². The predicted octanol–water partition coefficient (Wildman–Crippen LogP) is 1.04. The monoisotopic (exact) mass is 334 g/mol. The van der Waals surface area contributed by atoms with Gasteiger partial charge in [0.25, 0.3) is 0 Å². The highest BCUT2D eigenvalue weighted by molar-refractivity contribution is 5.84. The summed E-state index contributed by atoms with van der Waals surface area (Å²) in [5.41, 5.74) is 0.639. The van der Waals surface area contributed by atoms with Gasteiger partial charge in [0.2, 0.25) is 0 Å². The quantitative estimate of drug-likeness (QED) is 0.721. The molecule has 0 aliphatic rings. The van der Waals surface area contributed by atoms with Crippen LogP contribution in [0.5, 0.6) is 0 Å². The Bertz CT molecular complexity index is 562. The molecule has 126 valence electrons. The van der Waals surface area contributed by atoms with Gasteiger partial charge in [-0.2, -0.15) is 13.2 Å². The third-order valence-electron chi connectivity index (χ3n) is 2.53. The SMILES string of the molecule is O=C(N[C@@H](CNC(=O)C(F)(F)F)C(=O)O)OCc1ccccc1. The van der Waals surface area contributed by atoms with Crippen molar-refractivity contribution in [3.63, 3.8) is 0 Å². The van der Waals surface area contributed by atoms with Crippen LogP contribution in [0, 0.1) is 0 Å². The van der Waals surface area contributed by atoms with Crippen LogP contribution < -0.4 is 10.6 Å². The first-order chi connectivity index (χ1) is 10.7. The molecule has 3 N–H and O–H groups in total. The summed E-state index contributed by atoms with van der Waals surface area (Å²) in [4.78, 5) is 32.9. The molecule has 1 rings (SSSR count). The van der Waals surface area contributed by atoms with E-state index in [1.165, 1.54) is 5.32 Å². The van der Waals surface area contributed by atoms with Gasteiger partial charge in [0, 0.05) is 6.54 Å². The van der Waals surface area contributed by atoms with Gasteiger partial charge in [0.1, 0.15) is 12.6 Å². The van der Waals surface area contributed by atoms with E-state index in [4.69, 9.17) is 9.84 Å². The predicted molar refractivity (Wildman–Crippen MR) is 70.3 cm³/mol. The van der Waals surface area contributed by atoms with E-state index >= 15 is 0 Å². The molecular weight excluding hydrogens is 321 g/mol. The molecule has 1 aromatic rings. The van der Waals surface area contributed by atoms with Crippen LogP contribution in [0.2, 0.25) is 0 Å². The Hall–Kier alpha value is -2.78. The van der Waals surface area contributed by atoms with Crippen molar-refractivity contribution in [3.05, 3.63) is 35.9 Å². The summed E-state index contributed by atoms with van der Waals surface area (Å²) in [6, 6.07) is 6.70. The second-order valence-corrected chi connectivity index (χ2v) is 4.30. The van der Waals surface area contributed by atoms with E-state index in [9.17, 15) is 27.6 Å². The number of nitrogens with one attached hydrogen (secondary N) is 2. The molecular formula is C13H13F3N2O5. The first-order valence-corrected chi connectivity index (χ1v) is 6.25. The Balaban J connectivity index is 2.47. The molecule has 23 heavy (non-hydrogen) atoms. The van der Waals surface area contributed by atoms with Crippen molar-refractivity contribution in [2.24, 2.45) is 0 Å². The molecule has 0 unspecified atom stereocenters. The van der Waals surface area contributed by atoms with Crippen LogP contribution >= 0.6 is 0 Å². The number of carbonyl (C=O) groups is 3. The molecule has 0 aromatic heterocycles. The molecule has 0 aliphatic carbocycles. The van der Waals surface area contributed by atoms with Crippen molar-refractivity contribution in [3.8, 4) is 0 Å². The largest absolute Gasteiger partial charge is 0.480 e. The van der Waals surface area contributed by atoms with Crippen molar-refractivity contribution >= 4 is 18.0 Å². The van der Waals surface area contributed by atoms with Crippen LogP contribution in [0.15, 0.2) is 30.3 Å². The van der Waals surface area contributed by atoms with Crippen molar-refractivity contribution in [2.45, 2.75) is 18.8 Å². The fraction of sp³-hybridized carbons (Fsp3) is 0.308. The van der Waals surface area contributed by atoms with Crippen LogP contribution in [-0.4, -0.2) is 41.8 Å². The molecule has 0 heterocycles. The summed E-state index contributed by atoms with van der Waals surface area (Å²) >= 11 is 0. The highest BCUT2D eigenvalue weighted by Crippen LogP contribution is 2.13. The third kappa shape index (κ3) is 6.68. The molecule has 0 saturated carbocycles. The summed E-state index contributed by atoms with van der Waals surface area (Å²) < 4.78 is 40.7. The molecule has 0 aliphatic heterocycles. The molecule has 1 aromatic carbocycles. The average molecular weight is 334 g/mol. The molecule has 7 nitrogen and oxygen atoms in total. The van der Waals surface area contributed by atoms with E-state index in [1.807, 2.05) is 5.32 Å². The number of benzene rings is 1. The second-order valence-electron chi connectivity index (χ2n) is 4.30. The van der Waals surface area contributed by atoms with Crippen LogP contribution in [-0.2, 0) is 20.9 Å². The Morgan fingerprint density at radius 1 is 1.17 bits per heavy atom. The number of rotatable bonds is 6. The van der Waals surface area contributed by atoms with Gasteiger partial charge in [-0.05, 0) is 5.56 Å². The summed E-state index contributed by atoms with van der Waals surface area (Å²) in [5.74, 6) is -3.92. The van der Waals surface area contributed by atoms with Gasteiger partial charge in [-0.1, -0.05) is 30.3 Å². The van der Waals surface area contributed by atoms with Gasteiger partial charge in [-0.15, -0.1) is 0 Å². The van der Waals surface area contributed by atoms with Gasteiger partial charge >= 0.3 is 24.1 Å². The fourth-order valence-electron chi connectivity index (χ4n) is 1.40. The van der Waals surface area contributed by atoms with E-state index in [1.54, 1.807) is 30.3 Å². The number of carbonyl (C=O) groups excluding carboxylic acids is 2. The molecule has 0 spiro atoms. The van der Waals surface area contributed by atoms with Crippen LogP contribution in [0.25, 0.3) is 0 Å². The Morgan fingerprint density at radius 3 is 2.30 bits per heavy atom. The van der Waals surface area contributed by atoms with E-state index in [0.717, 1.165) is 0 Å². The zero-order valence-electron chi connectivity index (χ0n) is 11.6. The molecule has 2 amide bonds. The van der Waals surface area contributed by atoms with Crippen molar-refractivity contribution in [1.29, 1.82) is 0 Å². The number of hydrogen-bond donors (Lipinski definition) is 3. The summed E-state index contributed by atoms with van der Waals surface area (Å²) in [7, 11) is 0. The summed E-state index contributed by atoms with van der Waals surface area (Å²) in [5, 5.41) is 12.0. The van der Waals surface area contributed by atoms with Crippen LogP contribution in [0.1, 0.15) is 5.56 Å². The van der Waals surface area contributed by atoms with Gasteiger partial charge in [0.15, 0.2) is 0 Å². The highest BCUT2D eigenvalue weighted by Gasteiger charge is 2.39. The van der Waals surface area contributed by atoms with Crippen LogP contribution in [0.3, 0.4) is 0 Å². The van der Waals surface area contributed by atoms with E-state index in [-0.39, 0.29) is 6.61 Å². The zero-order chi connectivity index (χ0) is 17.5. The Morgan fingerprint density at radius 2 is 1.78 bits per heavy atom. The number of carboxylic acids is 1. The van der Waals surface area contributed by atoms with Crippen molar-refractivity contribution in [1.82, 2.24) is 10.6 Å². The number of alkyl carbamates (subject to hydrolysis) is 1. The zero-order valence-corrected chi connectivity index (χ0v) is 11.6. The molecule has 0 saturated heterocycles. The molecule has 1 atom stereocenters. The molecule has 0 fully saturated rings. The maximum atomic E-state index is 12.0. The fourth-order valence-corrected chi connectivity index (χ4v) is 1.40. The smallest absolute Gasteiger partial charge is 0.471 e. The van der Waals surface area contributed by atoms with Gasteiger partial charge in [-0.25, -0.2) is 9.59 Å². The maximum Gasteiger partial charge on any atom is 0.471 e. The van der Waals surface area contributed by atoms with Gasteiger partial charge < -0.3 is 20.5 Å². The molecule has 0 bridgehead atoms. The number of amides is 2. The number of alkyl halides is 3. The normalized spacial score (nSPS) is 12.1. The topological polar surface area (TPSA) is 105 Å². The van der Waals surface area contributed by atoms with E-state index < -0.39 is 36.7 Å². The summed E-state index contributed by atoms with van der Waals surface area (Å²) in [6.07, 6.45) is -6.28. The van der Waals surface area contributed by atoms with Crippen molar-refractivity contribution in [2.75, 3.05) is 6.54 Å². The highest BCUT2D eigenvalue weighted by atomic mass is 19.4. The Labute approximate surface area is 128 Å². The first kappa shape index (κ1) is 18.3. The third-order valence-corrected chi connectivity index (χ3v) is 2.53. The standard InChI is InChI=1S/C13H13F3N2O5/c14-13(15,16)11(21)17-6-9(10(19)20)18-12(22)23-7-8-4-2-1-3-5-8/h1-5,9H,6-7H2,(H,17,21)(H,18,22)(H,19,20)/t9-/m0/s1. The van der Waals surface area contributed by atoms with Gasteiger partial charge in [-0.3, -0.25) is 4.79 Å². The molecule has 0 radical (unpaired) electrons. The lowest BCUT2D eigenvalue weighted by atomic mass is 10.2.